The highest BCUT2D eigenvalue weighted by Gasteiger charge is 2.35. The number of aromatic hydroxyl groups is 2. The van der Waals surface area contributed by atoms with Crippen molar-refractivity contribution in [2.45, 2.75) is 4.90 Å². The number of sulfonamides is 1. The number of benzene rings is 3. The normalized spacial score (nSPS) is 12.8. The summed E-state index contributed by atoms with van der Waals surface area (Å²) in [5, 5.41) is 20.8. The fourth-order valence-corrected chi connectivity index (χ4v) is 4.37. The number of phenols is 2. The molecular formula is C21H15NO7S. The van der Waals surface area contributed by atoms with Crippen molar-refractivity contribution >= 4 is 27.3 Å². The van der Waals surface area contributed by atoms with Crippen LogP contribution in [0.3, 0.4) is 0 Å². The lowest BCUT2D eigenvalue weighted by atomic mass is 9.83. The molecule has 0 amide bonds. The lowest BCUT2D eigenvalue weighted by Gasteiger charge is -2.20. The maximum Gasteiger partial charge on any atom is 0.262 e. The number of carbonyl (C=O) groups is 2. The van der Waals surface area contributed by atoms with Gasteiger partial charge in [-0.2, -0.15) is 0 Å². The SMILES string of the molecule is COc1cccc(S(=O)(=O)Nc2cc3c(c(O)c2O)C(=O)c2ccccc2C3=O)c1. The molecule has 1 aliphatic carbocycles. The van der Waals surface area contributed by atoms with Crippen LogP contribution in [0.2, 0.25) is 0 Å². The van der Waals surface area contributed by atoms with Crippen molar-refractivity contribution in [3.05, 3.63) is 76.9 Å². The zero-order chi connectivity index (χ0) is 21.6. The van der Waals surface area contributed by atoms with Gasteiger partial charge in [0.1, 0.15) is 5.75 Å². The number of hydrogen-bond donors (Lipinski definition) is 3. The van der Waals surface area contributed by atoms with Crippen molar-refractivity contribution < 1.29 is 33.0 Å². The second-order valence-electron chi connectivity index (χ2n) is 6.53. The third-order valence-electron chi connectivity index (χ3n) is 4.76. The minimum Gasteiger partial charge on any atom is -0.504 e. The molecule has 3 aromatic carbocycles. The van der Waals surface area contributed by atoms with Crippen LogP contribution in [0.4, 0.5) is 5.69 Å². The third-order valence-corrected chi connectivity index (χ3v) is 6.12. The Morgan fingerprint density at radius 2 is 1.50 bits per heavy atom. The Hall–Kier alpha value is -3.85. The molecule has 0 aliphatic heterocycles. The molecule has 0 fully saturated rings. The molecule has 0 atom stereocenters. The number of ketones is 2. The minimum atomic E-state index is -4.20. The van der Waals surface area contributed by atoms with Crippen molar-refractivity contribution in [3.8, 4) is 17.2 Å². The van der Waals surface area contributed by atoms with Crippen LogP contribution in [0.5, 0.6) is 17.2 Å². The molecule has 0 aromatic heterocycles. The number of rotatable bonds is 4. The Labute approximate surface area is 171 Å². The molecule has 0 heterocycles. The van der Waals surface area contributed by atoms with Crippen LogP contribution in [0.15, 0.2) is 59.5 Å². The summed E-state index contributed by atoms with van der Waals surface area (Å²) >= 11 is 0. The molecule has 0 bridgehead atoms. The molecule has 152 valence electrons. The summed E-state index contributed by atoms with van der Waals surface area (Å²) in [6, 6.07) is 12.7. The van der Waals surface area contributed by atoms with Gasteiger partial charge in [-0.3, -0.25) is 14.3 Å². The first-order valence-electron chi connectivity index (χ1n) is 8.69. The predicted octanol–water partition coefficient (Wildman–Crippen LogP) is 2.68. The van der Waals surface area contributed by atoms with Crippen molar-refractivity contribution in [2.24, 2.45) is 0 Å². The smallest absolute Gasteiger partial charge is 0.262 e. The van der Waals surface area contributed by atoms with Crippen molar-refractivity contribution in [1.29, 1.82) is 0 Å². The summed E-state index contributed by atoms with van der Waals surface area (Å²) in [5.74, 6) is -2.65. The molecular weight excluding hydrogens is 410 g/mol. The van der Waals surface area contributed by atoms with E-state index in [1.807, 2.05) is 0 Å². The van der Waals surface area contributed by atoms with Gasteiger partial charge in [0.05, 0.1) is 23.3 Å². The van der Waals surface area contributed by atoms with Crippen LogP contribution < -0.4 is 9.46 Å². The second kappa shape index (κ2) is 6.89. The van der Waals surface area contributed by atoms with Crippen LogP contribution >= 0.6 is 0 Å². The van der Waals surface area contributed by atoms with E-state index in [0.29, 0.717) is 5.75 Å². The number of ether oxygens (including phenoxy) is 1. The number of methoxy groups -OCH3 is 1. The minimum absolute atomic E-state index is 0.0920. The highest BCUT2D eigenvalue weighted by Crippen LogP contribution is 2.43. The Balaban J connectivity index is 1.83. The van der Waals surface area contributed by atoms with Gasteiger partial charge in [-0.1, -0.05) is 30.3 Å². The van der Waals surface area contributed by atoms with E-state index >= 15 is 0 Å². The maximum atomic E-state index is 12.8. The van der Waals surface area contributed by atoms with Gasteiger partial charge in [-0.25, -0.2) is 8.42 Å². The topological polar surface area (TPSA) is 130 Å². The number of anilines is 1. The monoisotopic (exact) mass is 425 g/mol. The first kappa shape index (κ1) is 19.5. The zero-order valence-electron chi connectivity index (χ0n) is 15.5. The highest BCUT2D eigenvalue weighted by atomic mass is 32.2. The molecule has 3 aromatic rings. The van der Waals surface area contributed by atoms with E-state index in [0.717, 1.165) is 6.07 Å². The number of carbonyl (C=O) groups excluding carboxylic acids is 2. The number of hydrogen-bond acceptors (Lipinski definition) is 7. The number of nitrogens with one attached hydrogen (secondary N) is 1. The van der Waals surface area contributed by atoms with E-state index in [2.05, 4.69) is 4.72 Å². The number of phenolic OH excluding ortho intramolecular Hbond substituents is 2. The molecule has 0 saturated carbocycles. The molecule has 1 aliphatic rings. The van der Waals surface area contributed by atoms with E-state index in [4.69, 9.17) is 4.74 Å². The van der Waals surface area contributed by atoms with Gasteiger partial charge in [0.25, 0.3) is 10.0 Å². The Morgan fingerprint density at radius 1 is 0.833 bits per heavy atom. The third kappa shape index (κ3) is 2.96. The van der Waals surface area contributed by atoms with Crippen LogP contribution in [0.1, 0.15) is 31.8 Å². The molecule has 4 rings (SSSR count). The van der Waals surface area contributed by atoms with Gasteiger partial charge < -0.3 is 14.9 Å². The second-order valence-corrected chi connectivity index (χ2v) is 8.21. The average Bonchev–Trinajstić information content (AvgIpc) is 2.75. The Kier molecular flexibility index (Phi) is 4.47. The van der Waals surface area contributed by atoms with E-state index in [9.17, 15) is 28.2 Å². The fourth-order valence-electron chi connectivity index (χ4n) is 3.28. The summed E-state index contributed by atoms with van der Waals surface area (Å²) in [6.45, 7) is 0. The summed E-state index contributed by atoms with van der Waals surface area (Å²) in [7, 11) is -2.82. The molecule has 0 unspecified atom stereocenters. The molecule has 3 N–H and O–H groups in total. The quantitative estimate of drug-likeness (QED) is 0.429. The summed E-state index contributed by atoms with van der Waals surface area (Å²) in [5.41, 5.74) is -0.802. The van der Waals surface area contributed by atoms with E-state index < -0.39 is 38.8 Å². The lowest BCUT2D eigenvalue weighted by Crippen LogP contribution is -2.22. The predicted molar refractivity (Wildman–Crippen MR) is 107 cm³/mol. The van der Waals surface area contributed by atoms with Gasteiger partial charge in [-0.05, 0) is 18.2 Å². The molecule has 9 heteroatoms. The largest absolute Gasteiger partial charge is 0.504 e. The Bertz CT molecular complexity index is 1330. The first-order valence-corrected chi connectivity index (χ1v) is 10.2. The molecule has 30 heavy (non-hydrogen) atoms. The van der Waals surface area contributed by atoms with Crippen LogP contribution in [0.25, 0.3) is 0 Å². The number of fused-ring (bicyclic) bond motifs is 2. The molecule has 8 nitrogen and oxygen atoms in total. The molecule has 0 spiro atoms. The highest BCUT2D eigenvalue weighted by molar-refractivity contribution is 7.92. The van der Waals surface area contributed by atoms with E-state index in [-0.39, 0.29) is 27.1 Å². The fraction of sp³-hybridized carbons (Fsp3) is 0.0476. The van der Waals surface area contributed by atoms with Crippen molar-refractivity contribution in [1.82, 2.24) is 0 Å². The van der Waals surface area contributed by atoms with Gasteiger partial charge in [0.2, 0.25) is 0 Å². The molecule has 0 saturated heterocycles. The van der Waals surface area contributed by atoms with Gasteiger partial charge in [0.15, 0.2) is 23.1 Å². The lowest BCUT2D eigenvalue weighted by molar-refractivity contribution is 0.0976. The van der Waals surface area contributed by atoms with Crippen LogP contribution in [-0.2, 0) is 10.0 Å². The van der Waals surface area contributed by atoms with Gasteiger partial charge in [0, 0.05) is 22.8 Å². The van der Waals surface area contributed by atoms with E-state index in [1.165, 1.54) is 37.4 Å². The first-order chi connectivity index (χ1) is 14.2. The Morgan fingerprint density at radius 3 is 2.17 bits per heavy atom. The van der Waals surface area contributed by atoms with Crippen molar-refractivity contribution in [3.63, 3.8) is 0 Å². The van der Waals surface area contributed by atoms with E-state index in [1.54, 1.807) is 18.2 Å². The standard InChI is InChI=1S/C21H15NO7S/c1-29-11-5-4-6-12(9-11)30(27,28)22-16-10-15-17(21(26)20(16)25)19(24)14-8-3-2-7-13(14)18(15)23/h2-10,22,25-26H,1H3. The zero-order valence-corrected chi connectivity index (χ0v) is 16.4. The van der Waals surface area contributed by atoms with Crippen molar-refractivity contribution in [2.75, 3.05) is 11.8 Å². The summed E-state index contributed by atoms with van der Waals surface area (Å²) in [4.78, 5) is 25.4. The van der Waals surface area contributed by atoms with Crippen LogP contribution in [-0.4, -0.2) is 37.3 Å². The van der Waals surface area contributed by atoms with Gasteiger partial charge >= 0.3 is 0 Å². The van der Waals surface area contributed by atoms with Crippen LogP contribution in [0, 0.1) is 0 Å². The average molecular weight is 425 g/mol. The maximum absolute atomic E-state index is 12.8. The summed E-state index contributed by atoms with van der Waals surface area (Å²) < 4.78 is 32.6. The van der Waals surface area contributed by atoms with Gasteiger partial charge in [-0.15, -0.1) is 0 Å². The summed E-state index contributed by atoms with van der Waals surface area (Å²) in [6.07, 6.45) is 0. The molecule has 0 radical (unpaired) electrons.